The highest BCUT2D eigenvalue weighted by Crippen LogP contribution is 2.29. The summed E-state index contributed by atoms with van der Waals surface area (Å²) in [6.07, 6.45) is 1.97. The number of rotatable bonds is 6. The Balaban J connectivity index is 2.07. The maximum Gasteiger partial charge on any atom is 0.323 e. The van der Waals surface area contributed by atoms with E-state index in [-0.39, 0.29) is 17.9 Å². The van der Waals surface area contributed by atoms with Crippen molar-refractivity contribution < 1.29 is 18.3 Å². The van der Waals surface area contributed by atoms with Crippen molar-refractivity contribution in [3.05, 3.63) is 52.3 Å². The van der Waals surface area contributed by atoms with Crippen LogP contribution in [0.15, 0.2) is 29.2 Å². The highest BCUT2D eigenvalue weighted by Gasteiger charge is 2.30. The van der Waals surface area contributed by atoms with Crippen molar-refractivity contribution in [2.45, 2.75) is 44.6 Å². The fraction of sp³-hybridized carbons (Fsp3) is 0.400. The molecule has 0 radical (unpaired) electrons. The zero-order valence-corrected chi connectivity index (χ0v) is 16.8. The lowest BCUT2D eigenvalue weighted by Gasteiger charge is -2.18. The summed E-state index contributed by atoms with van der Waals surface area (Å²) in [5, 5.41) is 18.8. The van der Waals surface area contributed by atoms with Crippen LogP contribution in [0.5, 0.6) is 0 Å². The van der Waals surface area contributed by atoms with E-state index in [2.05, 4.69) is 6.07 Å². The lowest BCUT2D eigenvalue weighted by molar-refractivity contribution is -0.137. The summed E-state index contributed by atoms with van der Waals surface area (Å²) >= 11 is 0. The zero-order valence-electron chi connectivity index (χ0n) is 16.0. The predicted octanol–water partition coefficient (Wildman–Crippen LogP) is 2.44. The number of benzene rings is 1. The minimum atomic E-state index is -3.59. The molecule has 1 aromatic carbocycles. The van der Waals surface area contributed by atoms with Crippen molar-refractivity contribution in [2.24, 2.45) is 0 Å². The van der Waals surface area contributed by atoms with Crippen molar-refractivity contribution in [3.8, 4) is 6.07 Å². The Kier molecular flexibility index (Phi) is 5.59. The molecule has 2 aromatic rings. The van der Waals surface area contributed by atoms with E-state index < -0.39 is 16.0 Å². The molecule has 1 saturated heterocycles. The molecular weight excluding hydrogens is 378 g/mol. The molecular formula is C20H23N3O4S. The topological polar surface area (TPSA) is 103 Å². The maximum atomic E-state index is 13.1. The summed E-state index contributed by atoms with van der Waals surface area (Å²) in [7, 11) is -3.59. The smallest absolute Gasteiger partial charge is 0.323 e. The number of hydrogen-bond donors (Lipinski definition) is 1. The van der Waals surface area contributed by atoms with Gasteiger partial charge in [0.2, 0.25) is 10.0 Å². The first kappa shape index (κ1) is 20.1. The Morgan fingerprint density at radius 1 is 1.18 bits per heavy atom. The van der Waals surface area contributed by atoms with Crippen molar-refractivity contribution in [2.75, 3.05) is 13.1 Å². The molecule has 0 aliphatic carbocycles. The van der Waals surface area contributed by atoms with Crippen LogP contribution in [0.4, 0.5) is 0 Å². The van der Waals surface area contributed by atoms with Crippen LogP contribution in [0.2, 0.25) is 0 Å². The quantitative estimate of drug-likeness (QED) is 0.801. The molecule has 0 bridgehead atoms. The number of aliphatic carboxylic acids is 1. The van der Waals surface area contributed by atoms with Gasteiger partial charge in [0.15, 0.2) is 0 Å². The van der Waals surface area contributed by atoms with Crippen LogP contribution >= 0.6 is 0 Å². The van der Waals surface area contributed by atoms with E-state index in [1.807, 2.05) is 0 Å². The van der Waals surface area contributed by atoms with Gasteiger partial charge < -0.3 is 9.67 Å². The molecule has 0 spiro atoms. The summed E-state index contributed by atoms with van der Waals surface area (Å²) < 4.78 is 29.3. The number of carboxylic acids is 1. The number of nitriles is 1. The summed E-state index contributed by atoms with van der Waals surface area (Å²) in [6, 6.07) is 9.00. The van der Waals surface area contributed by atoms with Gasteiger partial charge in [-0.25, -0.2) is 8.42 Å². The first-order valence-corrected chi connectivity index (χ1v) is 10.6. The van der Waals surface area contributed by atoms with E-state index in [4.69, 9.17) is 5.11 Å². The first-order chi connectivity index (χ1) is 13.3. The molecule has 1 aliphatic heterocycles. The highest BCUT2D eigenvalue weighted by molar-refractivity contribution is 7.89. The standard InChI is InChI=1S/C20H23N3O4S/c1-14-17(18(12-21)15(2)23(14)13-20(24)25)11-16-7-3-4-8-19(16)28(26,27)22-9-5-6-10-22/h3-4,7-8H,5-6,9-11,13H2,1-2H3,(H,24,25). The van der Waals surface area contributed by atoms with Gasteiger partial charge in [0.25, 0.3) is 0 Å². The molecule has 8 heteroatoms. The van der Waals surface area contributed by atoms with Crippen LogP contribution < -0.4 is 0 Å². The largest absolute Gasteiger partial charge is 0.480 e. The van der Waals surface area contributed by atoms with E-state index in [0.29, 0.717) is 41.2 Å². The number of hydrogen-bond acceptors (Lipinski definition) is 4. The lowest BCUT2D eigenvalue weighted by atomic mass is 10.0. The number of sulfonamides is 1. The van der Waals surface area contributed by atoms with E-state index in [1.165, 1.54) is 4.31 Å². The summed E-state index contributed by atoms with van der Waals surface area (Å²) in [4.78, 5) is 11.4. The Bertz CT molecular complexity index is 1060. The minimum Gasteiger partial charge on any atom is -0.480 e. The molecule has 1 fully saturated rings. The van der Waals surface area contributed by atoms with Crippen molar-refractivity contribution in [1.29, 1.82) is 5.26 Å². The lowest BCUT2D eigenvalue weighted by Crippen LogP contribution is -2.28. The fourth-order valence-electron chi connectivity index (χ4n) is 3.85. The van der Waals surface area contributed by atoms with Crippen molar-refractivity contribution in [3.63, 3.8) is 0 Å². The van der Waals surface area contributed by atoms with Gasteiger partial charge in [-0.3, -0.25) is 4.79 Å². The number of carboxylic acid groups (broad SMARTS) is 1. The Morgan fingerprint density at radius 3 is 2.43 bits per heavy atom. The van der Waals surface area contributed by atoms with Gasteiger partial charge in [-0.05, 0) is 43.9 Å². The van der Waals surface area contributed by atoms with Gasteiger partial charge in [-0.1, -0.05) is 18.2 Å². The maximum absolute atomic E-state index is 13.1. The molecule has 2 heterocycles. The average Bonchev–Trinajstić information content (AvgIpc) is 3.26. The summed E-state index contributed by atoms with van der Waals surface area (Å²) in [5.41, 5.74) is 2.95. The molecule has 0 saturated carbocycles. The minimum absolute atomic E-state index is 0.236. The van der Waals surface area contributed by atoms with Crippen LogP contribution in [0, 0.1) is 25.2 Å². The molecule has 0 amide bonds. The summed E-state index contributed by atoms with van der Waals surface area (Å²) in [5.74, 6) is -0.991. The van der Waals surface area contributed by atoms with Crippen molar-refractivity contribution in [1.82, 2.24) is 8.87 Å². The summed E-state index contributed by atoms with van der Waals surface area (Å²) in [6.45, 7) is 4.29. The third-order valence-electron chi connectivity index (χ3n) is 5.34. The van der Waals surface area contributed by atoms with Crippen LogP contribution in [0.25, 0.3) is 0 Å². The Hall–Kier alpha value is -2.63. The number of carbonyl (C=O) groups is 1. The van der Waals surface area contributed by atoms with Gasteiger partial charge in [0.05, 0.1) is 10.5 Å². The van der Waals surface area contributed by atoms with E-state index >= 15 is 0 Å². The van der Waals surface area contributed by atoms with E-state index in [9.17, 15) is 18.5 Å². The van der Waals surface area contributed by atoms with Gasteiger partial charge in [-0.15, -0.1) is 0 Å². The Morgan fingerprint density at radius 2 is 1.82 bits per heavy atom. The molecule has 1 aliphatic rings. The molecule has 0 atom stereocenters. The molecule has 1 N–H and O–H groups in total. The van der Waals surface area contributed by atoms with Crippen LogP contribution in [-0.2, 0) is 27.8 Å². The second-order valence-corrected chi connectivity index (χ2v) is 8.92. The Labute approximate surface area is 164 Å². The zero-order chi connectivity index (χ0) is 20.5. The molecule has 28 heavy (non-hydrogen) atoms. The molecule has 1 aromatic heterocycles. The fourth-order valence-corrected chi connectivity index (χ4v) is 5.58. The van der Waals surface area contributed by atoms with Gasteiger partial charge in [0.1, 0.15) is 12.6 Å². The molecule has 3 rings (SSSR count). The van der Waals surface area contributed by atoms with Crippen LogP contribution in [0.1, 0.15) is 40.9 Å². The second-order valence-electron chi connectivity index (χ2n) is 7.01. The molecule has 0 unspecified atom stereocenters. The van der Waals surface area contributed by atoms with Gasteiger partial charge in [-0.2, -0.15) is 9.57 Å². The third kappa shape index (κ3) is 3.55. The van der Waals surface area contributed by atoms with Crippen LogP contribution in [0.3, 0.4) is 0 Å². The van der Waals surface area contributed by atoms with Crippen LogP contribution in [-0.4, -0.2) is 41.5 Å². The second kappa shape index (κ2) is 7.78. The van der Waals surface area contributed by atoms with Gasteiger partial charge in [0, 0.05) is 30.9 Å². The molecule has 148 valence electrons. The van der Waals surface area contributed by atoms with Crippen molar-refractivity contribution >= 4 is 16.0 Å². The normalized spacial score (nSPS) is 14.9. The SMILES string of the molecule is Cc1c(C#N)c(Cc2ccccc2S(=O)(=O)N2CCCC2)c(C)n1CC(=O)O. The third-order valence-corrected chi connectivity index (χ3v) is 7.34. The monoisotopic (exact) mass is 401 g/mol. The highest BCUT2D eigenvalue weighted by atomic mass is 32.2. The van der Waals surface area contributed by atoms with E-state index in [0.717, 1.165) is 12.8 Å². The van der Waals surface area contributed by atoms with Gasteiger partial charge >= 0.3 is 5.97 Å². The average molecular weight is 401 g/mol. The number of nitrogens with zero attached hydrogens (tertiary/aromatic N) is 3. The molecule has 7 nitrogen and oxygen atoms in total. The number of aromatic nitrogens is 1. The predicted molar refractivity (Wildman–Crippen MR) is 103 cm³/mol. The van der Waals surface area contributed by atoms with E-state index in [1.54, 1.807) is 42.7 Å². The first-order valence-electron chi connectivity index (χ1n) is 9.16.